The third-order valence-electron chi connectivity index (χ3n) is 4.46. The summed E-state index contributed by atoms with van der Waals surface area (Å²) in [5.74, 6) is -0.707. The number of aryl methyl sites for hydroxylation is 1. The van der Waals surface area contributed by atoms with E-state index in [4.69, 9.17) is 0 Å². The fourth-order valence-corrected chi connectivity index (χ4v) is 3.26. The van der Waals surface area contributed by atoms with Crippen LogP contribution in [0.5, 0.6) is 0 Å². The van der Waals surface area contributed by atoms with E-state index in [-0.39, 0.29) is 5.41 Å². The van der Waals surface area contributed by atoms with Gasteiger partial charge in [-0.05, 0) is 28.9 Å². The smallest absolute Gasteiger partial charge is 0.314 e. The van der Waals surface area contributed by atoms with Crippen molar-refractivity contribution in [3.63, 3.8) is 0 Å². The van der Waals surface area contributed by atoms with Crippen molar-refractivity contribution in [2.75, 3.05) is 0 Å². The lowest BCUT2D eigenvalue weighted by Gasteiger charge is -2.18. The third kappa shape index (κ3) is 1.17. The molecule has 1 aromatic heterocycles. The maximum Gasteiger partial charge on any atom is 0.314 e. The molecular weight excluding hydrogens is 226 g/mol. The van der Waals surface area contributed by atoms with Crippen LogP contribution in [0.2, 0.25) is 0 Å². The molecule has 0 bridgehead atoms. The monoisotopic (exact) mass is 243 g/mol. The summed E-state index contributed by atoms with van der Waals surface area (Å²) in [7, 11) is 1.97. The molecule has 3 rings (SSSR count). The molecule has 18 heavy (non-hydrogen) atoms. The molecule has 0 radical (unpaired) electrons. The summed E-state index contributed by atoms with van der Waals surface area (Å²) in [4.78, 5) is 11.8. The number of aliphatic carboxylic acids is 1. The molecule has 3 nitrogen and oxygen atoms in total. The van der Waals surface area contributed by atoms with Crippen LogP contribution in [0.1, 0.15) is 25.8 Å². The normalized spacial score (nSPS) is 25.3. The average Bonchev–Trinajstić information content (AvgIpc) is 2.70. The highest BCUT2D eigenvalue weighted by atomic mass is 16.4. The fraction of sp³-hybridized carbons (Fsp3) is 0.400. The average molecular weight is 243 g/mol. The van der Waals surface area contributed by atoms with Crippen LogP contribution >= 0.6 is 0 Å². The number of carboxylic acids is 1. The van der Waals surface area contributed by atoms with Gasteiger partial charge in [0.1, 0.15) is 5.41 Å². The van der Waals surface area contributed by atoms with Crippen LogP contribution in [0.3, 0.4) is 0 Å². The van der Waals surface area contributed by atoms with Crippen molar-refractivity contribution in [3.05, 3.63) is 36.0 Å². The van der Waals surface area contributed by atoms with Crippen LogP contribution in [0.15, 0.2) is 30.5 Å². The maximum atomic E-state index is 11.8. The zero-order chi connectivity index (χ0) is 13.1. The third-order valence-corrected chi connectivity index (χ3v) is 4.46. The van der Waals surface area contributed by atoms with E-state index in [1.807, 2.05) is 55.9 Å². The molecule has 1 fully saturated rings. The summed E-state index contributed by atoms with van der Waals surface area (Å²) in [5.41, 5.74) is 1.10. The highest BCUT2D eigenvalue weighted by Gasteiger charge is 2.68. The Bertz CT molecular complexity index is 654. The maximum absolute atomic E-state index is 11.8. The van der Waals surface area contributed by atoms with Crippen molar-refractivity contribution < 1.29 is 9.90 Å². The second kappa shape index (κ2) is 3.16. The lowest BCUT2D eigenvalue weighted by atomic mass is 9.87. The number of hydrogen-bond donors (Lipinski definition) is 1. The Hall–Kier alpha value is -1.77. The molecule has 1 aromatic carbocycles. The van der Waals surface area contributed by atoms with Crippen LogP contribution in [0.25, 0.3) is 10.9 Å². The largest absolute Gasteiger partial charge is 0.481 e. The van der Waals surface area contributed by atoms with Gasteiger partial charge < -0.3 is 9.67 Å². The Kier molecular flexibility index (Phi) is 1.99. The van der Waals surface area contributed by atoms with Crippen LogP contribution in [-0.4, -0.2) is 15.6 Å². The molecule has 0 spiro atoms. The predicted molar refractivity (Wildman–Crippen MR) is 70.6 cm³/mol. The summed E-state index contributed by atoms with van der Waals surface area (Å²) < 4.78 is 2.02. The van der Waals surface area contributed by atoms with E-state index in [0.29, 0.717) is 6.42 Å². The Morgan fingerprint density at radius 1 is 1.33 bits per heavy atom. The summed E-state index contributed by atoms with van der Waals surface area (Å²) in [5, 5.41) is 10.8. The standard InChI is InChI=1S/C15H17NO2/c1-14(2)9-15(14,13(17)18)11-6-4-5-10-7-8-16(3)12(10)11/h4-8H,9H2,1-3H3,(H,17,18). The number of hydrogen-bond acceptors (Lipinski definition) is 1. The molecule has 1 aliphatic carbocycles. The van der Waals surface area contributed by atoms with Crippen molar-refractivity contribution in [2.24, 2.45) is 12.5 Å². The topological polar surface area (TPSA) is 42.2 Å². The molecule has 0 aliphatic heterocycles. The summed E-state index contributed by atoms with van der Waals surface area (Å²) >= 11 is 0. The van der Waals surface area contributed by atoms with Crippen LogP contribution < -0.4 is 0 Å². The summed E-state index contributed by atoms with van der Waals surface area (Å²) in [6.07, 6.45) is 2.69. The molecule has 3 heteroatoms. The first-order valence-corrected chi connectivity index (χ1v) is 6.18. The van der Waals surface area contributed by atoms with Crippen molar-refractivity contribution in [1.29, 1.82) is 0 Å². The van der Waals surface area contributed by atoms with Crippen molar-refractivity contribution in [3.8, 4) is 0 Å². The number of carboxylic acid groups (broad SMARTS) is 1. The number of rotatable bonds is 2. The molecule has 0 saturated heterocycles. The lowest BCUT2D eigenvalue weighted by molar-refractivity contribution is -0.141. The second-order valence-electron chi connectivity index (χ2n) is 5.94. The van der Waals surface area contributed by atoms with Gasteiger partial charge in [0.15, 0.2) is 0 Å². The van der Waals surface area contributed by atoms with E-state index in [0.717, 1.165) is 16.5 Å². The van der Waals surface area contributed by atoms with E-state index in [2.05, 4.69) is 0 Å². The quantitative estimate of drug-likeness (QED) is 0.881. The zero-order valence-electron chi connectivity index (χ0n) is 10.9. The first-order chi connectivity index (χ1) is 8.40. The van der Waals surface area contributed by atoms with E-state index in [1.165, 1.54) is 0 Å². The molecule has 94 valence electrons. The Balaban J connectivity index is 2.33. The van der Waals surface area contributed by atoms with Gasteiger partial charge in [0.2, 0.25) is 0 Å². The highest BCUT2D eigenvalue weighted by Crippen LogP contribution is 2.65. The lowest BCUT2D eigenvalue weighted by Crippen LogP contribution is -2.26. The van der Waals surface area contributed by atoms with Gasteiger partial charge in [-0.3, -0.25) is 4.79 Å². The first-order valence-electron chi connectivity index (χ1n) is 6.18. The Labute approximate surface area is 106 Å². The van der Waals surface area contributed by atoms with Crippen LogP contribution in [-0.2, 0) is 17.3 Å². The molecule has 1 unspecified atom stereocenters. The number of carbonyl (C=O) groups is 1. The molecule has 1 N–H and O–H groups in total. The molecule has 1 saturated carbocycles. The number of para-hydroxylation sites is 1. The van der Waals surface area contributed by atoms with Gasteiger partial charge in [-0.2, -0.15) is 0 Å². The molecule has 2 aromatic rings. The number of nitrogens with zero attached hydrogens (tertiary/aromatic N) is 1. The van der Waals surface area contributed by atoms with E-state index in [9.17, 15) is 9.90 Å². The molecule has 0 amide bonds. The minimum absolute atomic E-state index is 0.169. The summed E-state index contributed by atoms with van der Waals surface area (Å²) in [6, 6.07) is 7.98. The van der Waals surface area contributed by atoms with Gasteiger partial charge in [0.25, 0.3) is 0 Å². The Morgan fingerprint density at radius 2 is 2.00 bits per heavy atom. The van der Waals surface area contributed by atoms with Crippen molar-refractivity contribution in [2.45, 2.75) is 25.7 Å². The molecule has 1 atom stereocenters. The van der Waals surface area contributed by atoms with Crippen molar-refractivity contribution in [1.82, 2.24) is 4.57 Å². The van der Waals surface area contributed by atoms with E-state index >= 15 is 0 Å². The van der Waals surface area contributed by atoms with Crippen LogP contribution in [0, 0.1) is 5.41 Å². The van der Waals surface area contributed by atoms with E-state index in [1.54, 1.807) is 0 Å². The minimum Gasteiger partial charge on any atom is -0.481 e. The van der Waals surface area contributed by atoms with Gasteiger partial charge >= 0.3 is 5.97 Å². The molecule has 1 aliphatic rings. The number of fused-ring (bicyclic) bond motifs is 1. The fourth-order valence-electron chi connectivity index (χ4n) is 3.26. The van der Waals surface area contributed by atoms with Gasteiger partial charge in [-0.1, -0.05) is 32.0 Å². The van der Waals surface area contributed by atoms with E-state index < -0.39 is 11.4 Å². The zero-order valence-corrected chi connectivity index (χ0v) is 10.9. The first kappa shape index (κ1) is 11.3. The Morgan fingerprint density at radius 3 is 2.56 bits per heavy atom. The van der Waals surface area contributed by atoms with Gasteiger partial charge in [0, 0.05) is 13.2 Å². The summed E-state index contributed by atoms with van der Waals surface area (Å²) in [6.45, 7) is 4.06. The van der Waals surface area contributed by atoms with Gasteiger partial charge in [-0.15, -0.1) is 0 Å². The van der Waals surface area contributed by atoms with Crippen molar-refractivity contribution >= 4 is 16.9 Å². The van der Waals surface area contributed by atoms with Gasteiger partial charge in [0.05, 0.1) is 5.52 Å². The predicted octanol–water partition coefficient (Wildman–Crippen LogP) is 2.93. The van der Waals surface area contributed by atoms with Crippen LogP contribution in [0.4, 0.5) is 0 Å². The highest BCUT2D eigenvalue weighted by molar-refractivity contribution is 5.95. The molecular formula is C15H17NO2. The second-order valence-corrected chi connectivity index (χ2v) is 5.94. The number of benzene rings is 1. The minimum atomic E-state index is -0.724. The van der Waals surface area contributed by atoms with Gasteiger partial charge in [-0.25, -0.2) is 0 Å². The SMILES string of the molecule is Cn1ccc2cccc(C3(C(=O)O)CC3(C)C)c21. The number of aromatic nitrogens is 1. The molecule has 1 heterocycles.